The van der Waals surface area contributed by atoms with Crippen LogP contribution in [0, 0.1) is 0 Å². The zero-order valence-corrected chi connectivity index (χ0v) is 10.0. The third kappa shape index (κ3) is 1.64. The number of phenols is 1. The van der Waals surface area contributed by atoms with Gasteiger partial charge < -0.3 is 10.1 Å². The van der Waals surface area contributed by atoms with Gasteiger partial charge in [0.25, 0.3) is 0 Å². The zero-order valence-electron chi connectivity index (χ0n) is 8.48. The quantitative estimate of drug-likeness (QED) is 0.711. The number of nitrogens with zero attached hydrogens (tertiary/aromatic N) is 1. The molecule has 0 radical (unpaired) electrons. The average molecular weight is 267 g/mol. The fraction of sp³-hybridized carbons (Fsp3) is 0. The maximum absolute atomic E-state index is 11.8. The summed E-state index contributed by atoms with van der Waals surface area (Å²) in [5.41, 5.74) is 1.06. The number of halogens is 1. The van der Waals surface area contributed by atoms with Crippen LogP contribution >= 0.6 is 22.9 Å². The number of aromatic nitrogens is 2. The molecule has 0 atom stereocenters. The molecule has 4 nitrogen and oxygen atoms in total. The Morgan fingerprint density at radius 3 is 2.82 bits per heavy atom. The molecule has 2 N–H and O–H groups in total. The minimum Gasteiger partial charge on any atom is -0.508 e. The third-order valence-electron chi connectivity index (χ3n) is 2.45. The standard InChI is InChI=1S/C11H7ClN2O2S/c12-9-3-4-10(17-9)14-8-5-6(15)1-2-7(8)13-11(14)16/h1-5,15H,(H,13,16). The van der Waals surface area contributed by atoms with Gasteiger partial charge in [0.1, 0.15) is 10.8 Å². The molecule has 0 aliphatic heterocycles. The Morgan fingerprint density at radius 1 is 1.29 bits per heavy atom. The van der Waals surface area contributed by atoms with Gasteiger partial charge in [0.2, 0.25) is 0 Å². The van der Waals surface area contributed by atoms with Crippen molar-refractivity contribution in [3.05, 3.63) is 45.2 Å². The summed E-state index contributed by atoms with van der Waals surface area (Å²) in [4.78, 5) is 14.6. The Kier molecular flexibility index (Phi) is 2.24. The molecule has 86 valence electrons. The van der Waals surface area contributed by atoms with E-state index in [2.05, 4.69) is 4.98 Å². The second kappa shape index (κ2) is 3.65. The summed E-state index contributed by atoms with van der Waals surface area (Å²) in [5, 5.41) is 10.2. The van der Waals surface area contributed by atoms with E-state index in [0.717, 1.165) is 5.00 Å². The molecule has 0 amide bonds. The number of H-pyrrole nitrogens is 1. The number of nitrogens with one attached hydrogen (secondary N) is 1. The van der Waals surface area contributed by atoms with Crippen molar-refractivity contribution in [1.29, 1.82) is 0 Å². The molecule has 2 aromatic heterocycles. The SMILES string of the molecule is O=c1[nH]c2ccc(O)cc2n1-c1ccc(Cl)s1. The number of fused-ring (bicyclic) bond motifs is 1. The zero-order chi connectivity index (χ0) is 12.0. The first kappa shape index (κ1) is 10.4. The fourth-order valence-electron chi connectivity index (χ4n) is 1.73. The Balaban J connectivity index is 2.39. The minimum absolute atomic E-state index is 0.118. The predicted molar refractivity (Wildman–Crippen MR) is 68.4 cm³/mol. The van der Waals surface area contributed by atoms with Crippen molar-refractivity contribution in [2.45, 2.75) is 0 Å². The van der Waals surface area contributed by atoms with Crippen LogP contribution < -0.4 is 5.69 Å². The summed E-state index contributed by atoms with van der Waals surface area (Å²) < 4.78 is 2.10. The van der Waals surface area contributed by atoms with Crippen molar-refractivity contribution in [2.24, 2.45) is 0 Å². The fourth-order valence-corrected chi connectivity index (χ4v) is 2.78. The van der Waals surface area contributed by atoms with E-state index < -0.39 is 0 Å². The number of imidazole rings is 1. The molecule has 0 aliphatic carbocycles. The number of aromatic amines is 1. The second-order valence-electron chi connectivity index (χ2n) is 3.54. The number of benzene rings is 1. The smallest absolute Gasteiger partial charge is 0.331 e. The molecule has 17 heavy (non-hydrogen) atoms. The number of hydrogen-bond donors (Lipinski definition) is 2. The van der Waals surface area contributed by atoms with E-state index in [1.54, 1.807) is 24.3 Å². The van der Waals surface area contributed by atoms with Gasteiger partial charge in [-0.2, -0.15) is 0 Å². The molecule has 2 heterocycles. The summed E-state index contributed by atoms with van der Waals surface area (Å²) >= 11 is 7.16. The van der Waals surface area contributed by atoms with Crippen LogP contribution in [-0.4, -0.2) is 14.7 Å². The van der Waals surface area contributed by atoms with E-state index in [4.69, 9.17) is 11.6 Å². The van der Waals surface area contributed by atoms with Crippen LogP contribution in [0.1, 0.15) is 0 Å². The first-order valence-electron chi connectivity index (χ1n) is 4.84. The van der Waals surface area contributed by atoms with Crippen molar-refractivity contribution in [1.82, 2.24) is 9.55 Å². The van der Waals surface area contributed by atoms with Gasteiger partial charge in [-0.15, -0.1) is 11.3 Å². The monoisotopic (exact) mass is 266 g/mol. The summed E-state index contributed by atoms with van der Waals surface area (Å²) in [6.45, 7) is 0. The average Bonchev–Trinajstić information content (AvgIpc) is 2.81. The summed E-state index contributed by atoms with van der Waals surface area (Å²) in [5.74, 6) is 0.118. The van der Waals surface area contributed by atoms with Gasteiger partial charge in [-0.05, 0) is 24.3 Å². The van der Waals surface area contributed by atoms with Crippen LogP contribution in [0.3, 0.4) is 0 Å². The molecule has 0 fully saturated rings. The van der Waals surface area contributed by atoms with Gasteiger partial charge in [0.15, 0.2) is 0 Å². The first-order chi connectivity index (χ1) is 8.15. The minimum atomic E-state index is -0.246. The van der Waals surface area contributed by atoms with Crippen molar-refractivity contribution in [3.63, 3.8) is 0 Å². The van der Waals surface area contributed by atoms with Crippen molar-refractivity contribution >= 4 is 34.0 Å². The lowest BCUT2D eigenvalue weighted by Gasteiger charge is -1.99. The highest BCUT2D eigenvalue weighted by molar-refractivity contribution is 7.18. The summed E-state index contributed by atoms with van der Waals surface area (Å²) in [6.07, 6.45) is 0. The second-order valence-corrected chi connectivity index (χ2v) is 5.24. The Hall–Kier alpha value is -1.72. The van der Waals surface area contributed by atoms with Gasteiger partial charge in [0.05, 0.1) is 15.4 Å². The van der Waals surface area contributed by atoms with Gasteiger partial charge in [-0.1, -0.05) is 11.6 Å². The van der Waals surface area contributed by atoms with Crippen molar-refractivity contribution < 1.29 is 5.11 Å². The lowest BCUT2D eigenvalue weighted by molar-refractivity contribution is 0.476. The molecule has 0 saturated heterocycles. The number of aromatic hydroxyl groups is 1. The molecule has 0 bridgehead atoms. The number of rotatable bonds is 1. The lowest BCUT2D eigenvalue weighted by Crippen LogP contribution is -2.13. The van der Waals surface area contributed by atoms with Crippen LogP contribution in [0.25, 0.3) is 16.0 Å². The molecule has 1 aromatic carbocycles. The van der Waals surface area contributed by atoms with Crippen LogP contribution in [0.15, 0.2) is 35.1 Å². The molecule has 3 rings (SSSR count). The predicted octanol–water partition coefficient (Wildman–Crippen LogP) is 2.74. The number of hydrogen-bond acceptors (Lipinski definition) is 3. The van der Waals surface area contributed by atoms with E-state index >= 15 is 0 Å². The van der Waals surface area contributed by atoms with Crippen LogP contribution in [0.4, 0.5) is 0 Å². The maximum Gasteiger partial charge on any atom is 0.331 e. The van der Waals surface area contributed by atoms with Crippen LogP contribution in [0.2, 0.25) is 4.34 Å². The Labute approximate surface area is 105 Å². The topological polar surface area (TPSA) is 58.0 Å². The highest BCUT2D eigenvalue weighted by Gasteiger charge is 2.10. The highest BCUT2D eigenvalue weighted by Crippen LogP contribution is 2.27. The molecule has 3 aromatic rings. The van der Waals surface area contributed by atoms with Crippen LogP contribution in [0.5, 0.6) is 5.75 Å². The van der Waals surface area contributed by atoms with Gasteiger partial charge >= 0.3 is 5.69 Å². The molecule has 0 saturated carbocycles. The molecule has 0 unspecified atom stereocenters. The molecule has 6 heteroatoms. The van der Waals surface area contributed by atoms with Crippen molar-refractivity contribution in [3.8, 4) is 10.8 Å². The van der Waals surface area contributed by atoms with Gasteiger partial charge in [-0.3, -0.25) is 4.57 Å². The Bertz CT molecular complexity index is 756. The molecule has 0 spiro atoms. The van der Waals surface area contributed by atoms with Crippen molar-refractivity contribution in [2.75, 3.05) is 0 Å². The largest absolute Gasteiger partial charge is 0.508 e. The van der Waals surface area contributed by atoms with E-state index in [1.165, 1.54) is 22.0 Å². The normalized spacial score (nSPS) is 11.1. The van der Waals surface area contributed by atoms with E-state index in [-0.39, 0.29) is 11.4 Å². The molecular formula is C11H7ClN2O2S. The first-order valence-corrected chi connectivity index (χ1v) is 6.04. The van der Waals surface area contributed by atoms with E-state index in [0.29, 0.717) is 15.4 Å². The third-order valence-corrected chi connectivity index (χ3v) is 3.66. The van der Waals surface area contributed by atoms with E-state index in [1.807, 2.05) is 0 Å². The van der Waals surface area contributed by atoms with E-state index in [9.17, 15) is 9.90 Å². The lowest BCUT2D eigenvalue weighted by atomic mass is 10.3. The number of phenolic OH excluding ortho intramolecular Hbond substituents is 1. The molecule has 0 aliphatic rings. The summed E-state index contributed by atoms with van der Waals surface area (Å²) in [6, 6.07) is 8.24. The Morgan fingerprint density at radius 2 is 2.12 bits per heavy atom. The molecular weight excluding hydrogens is 260 g/mol. The van der Waals surface area contributed by atoms with Gasteiger partial charge in [0, 0.05) is 6.07 Å². The maximum atomic E-state index is 11.8. The summed E-state index contributed by atoms with van der Waals surface area (Å²) in [7, 11) is 0. The van der Waals surface area contributed by atoms with Crippen LogP contribution in [-0.2, 0) is 0 Å². The highest BCUT2D eigenvalue weighted by atomic mass is 35.5. The number of thiophene rings is 1. The van der Waals surface area contributed by atoms with Gasteiger partial charge in [-0.25, -0.2) is 4.79 Å².